The molecule has 4 rings (SSSR count). The van der Waals surface area contributed by atoms with Crippen LogP contribution in [0.2, 0.25) is 0 Å². The molecule has 0 radical (unpaired) electrons. The molecule has 7 atom stereocenters. The Kier molecular flexibility index (Phi) is 1.74. The third kappa shape index (κ3) is 0.993. The van der Waals surface area contributed by atoms with E-state index in [0.717, 1.165) is 6.42 Å². The highest BCUT2D eigenvalue weighted by Gasteiger charge is 2.69. The fourth-order valence-corrected chi connectivity index (χ4v) is 4.99. The first kappa shape index (κ1) is 10.8. The summed E-state index contributed by atoms with van der Waals surface area (Å²) in [6.07, 6.45) is 1.33. The highest BCUT2D eigenvalue weighted by molar-refractivity contribution is 5.91. The SMILES string of the molecule is C=C1C(=O)O[C@H]2C[C@@]3(C)[C@@H]4C[C@@H]4C(=C)[C@@H]3[C@@H](O)[C@@H]12. The average molecular weight is 246 g/mol. The Hall–Kier alpha value is -1.09. The number of aliphatic hydroxyl groups is 1. The van der Waals surface area contributed by atoms with E-state index in [1.165, 1.54) is 12.0 Å². The predicted octanol–water partition coefficient (Wildman–Crippen LogP) is 1.68. The maximum absolute atomic E-state index is 11.6. The summed E-state index contributed by atoms with van der Waals surface area (Å²) in [5.41, 5.74) is 1.70. The van der Waals surface area contributed by atoms with Crippen LogP contribution in [0, 0.1) is 29.1 Å². The monoisotopic (exact) mass is 246 g/mol. The number of carbonyl (C=O) groups is 1. The molecule has 3 heteroatoms. The minimum Gasteiger partial charge on any atom is -0.458 e. The molecule has 3 aliphatic carbocycles. The number of hydrogen-bond donors (Lipinski definition) is 1. The van der Waals surface area contributed by atoms with E-state index >= 15 is 0 Å². The summed E-state index contributed by atoms with van der Waals surface area (Å²) in [5, 5.41) is 10.7. The van der Waals surface area contributed by atoms with Crippen molar-refractivity contribution >= 4 is 5.97 Å². The van der Waals surface area contributed by atoms with Gasteiger partial charge in [0.15, 0.2) is 0 Å². The standard InChI is InChI=1S/C15H18O3/c1-6-8-4-9(8)15(3)5-10-11(13(16)12(6)15)7(2)14(17)18-10/h8-13,16H,1-2,4-5H2,3H3/t8-,9-,10+,11+,12-,13+,15+/m1/s1. The van der Waals surface area contributed by atoms with Gasteiger partial charge in [0.2, 0.25) is 0 Å². The largest absolute Gasteiger partial charge is 0.458 e. The number of fused-ring (bicyclic) bond motifs is 4. The van der Waals surface area contributed by atoms with Crippen molar-refractivity contribution in [2.24, 2.45) is 29.1 Å². The lowest BCUT2D eigenvalue weighted by Gasteiger charge is -2.46. The molecule has 1 N–H and O–H groups in total. The van der Waals surface area contributed by atoms with Gasteiger partial charge in [-0.3, -0.25) is 0 Å². The lowest BCUT2D eigenvalue weighted by molar-refractivity contribution is -0.145. The maximum atomic E-state index is 11.6. The van der Waals surface area contributed by atoms with Crippen LogP contribution in [0.1, 0.15) is 19.8 Å². The summed E-state index contributed by atoms with van der Waals surface area (Å²) < 4.78 is 5.40. The highest BCUT2D eigenvalue weighted by atomic mass is 16.6. The predicted molar refractivity (Wildman–Crippen MR) is 65.5 cm³/mol. The highest BCUT2D eigenvalue weighted by Crippen LogP contribution is 2.72. The van der Waals surface area contributed by atoms with Crippen molar-refractivity contribution in [1.29, 1.82) is 0 Å². The van der Waals surface area contributed by atoms with Gasteiger partial charge in [0, 0.05) is 11.5 Å². The van der Waals surface area contributed by atoms with Crippen molar-refractivity contribution in [2.75, 3.05) is 0 Å². The van der Waals surface area contributed by atoms with Gasteiger partial charge in [-0.2, -0.15) is 0 Å². The van der Waals surface area contributed by atoms with Crippen molar-refractivity contribution in [2.45, 2.75) is 32.0 Å². The first-order valence-corrected chi connectivity index (χ1v) is 6.71. The second-order valence-corrected chi connectivity index (χ2v) is 6.70. The van der Waals surface area contributed by atoms with Crippen LogP contribution in [0.5, 0.6) is 0 Å². The molecule has 0 unspecified atom stereocenters. The van der Waals surface area contributed by atoms with E-state index in [0.29, 0.717) is 17.4 Å². The first-order valence-electron chi connectivity index (χ1n) is 6.71. The van der Waals surface area contributed by atoms with Crippen LogP contribution in [-0.2, 0) is 9.53 Å². The Bertz CT molecular complexity index is 494. The van der Waals surface area contributed by atoms with E-state index < -0.39 is 6.10 Å². The van der Waals surface area contributed by atoms with E-state index in [1.54, 1.807) is 0 Å². The molecule has 3 nitrogen and oxygen atoms in total. The van der Waals surface area contributed by atoms with Crippen molar-refractivity contribution in [3.8, 4) is 0 Å². The number of hydrogen-bond acceptors (Lipinski definition) is 3. The molecule has 3 saturated carbocycles. The van der Waals surface area contributed by atoms with Gasteiger partial charge in [0.1, 0.15) is 6.10 Å². The molecule has 0 aromatic heterocycles. The fourth-order valence-electron chi connectivity index (χ4n) is 4.99. The lowest BCUT2D eigenvalue weighted by atomic mass is 9.60. The molecule has 0 aromatic rings. The average Bonchev–Trinajstić information content (AvgIpc) is 2.98. The van der Waals surface area contributed by atoms with Crippen LogP contribution < -0.4 is 0 Å². The zero-order valence-electron chi connectivity index (χ0n) is 10.6. The number of aliphatic hydroxyl groups excluding tert-OH is 1. The smallest absolute Gasteiger partial charge is 0.334 e. The molecule has 1 aliphatic heterocycles. The Balaban J connectivity index is 1.77. The minimum atomic E-state index is -0.548. The van der Waals surface area contributed by atoms with E-state index in [4.69, 9.17) is 4.74 Å². The van der Waals surface area contributed by atoms with Crippen LogP contribution >= 0.6 is 0 Å². The summed E-state index contributed by atoms with van der Waals surface area (Å²) in [6.45, 7) is 10.2. The zero-order chi connectivity index (χ0) is 12.8. The van der Waals surface area contributed by atoms with Crippen molar-refractivity contribution in [3.63, 3.8) is 0 Å². The number of rotatable bonds is 0. The Labute approximate surface area is 107 Å². The maximum Gasteiger partial charge on any atom is 0.334 e. The van der Waals surface area contributed by atoms with Gasteiger partial charge in [0.25, 0.3) is 0 Å². The van der Waals surface area contributed by atoms with Gasteiger partial charge < -0.3 is 9.84 Å². The molecule has 0 spiro atoms. The first-order chi connectivity index (χ1) is 8.45. The Morgan fingerprint density at radius 3 is 2.89 bits per heavy atom. The third-order valence-corrected chi connectivity index (χ3v) is 5.90. The summed E-state index contributed by atoms with van der Waals surface area (Å²) in [5.74, 6) is 0.805. The second-order valence-electron chi connectivity index (χ2n) is 6.70. The van der Waals surface area contributed by atoms with Gasteiger partial charge in [-0.05, 0) is 30.1 Å². The van der Waals surface area contributed by atoms with Crippen LogP contribution in [0.4, 0.5) is 0 Å². The van der Waals surface area contributed by atoms with Gasteiger partial charge in [-0.1, -0.05) is 25.7 Å². The summed E-state index contributed by atoms with van der Waals surface area (Å²) in [6, 6.07) is 0. The van der Waals surface area contributed by atoms with Crippen LogP contribution in [0.3, 0.4) is 0 Å². The Morgan fingerprint density at radius 2 is 2.17 bits per heavy atom. The van der Waals surface area contributed by atoms with Gasteiger partial charge in [0.05, 0.1) is 12.0 Å². The Morgan fingerprint density at radius 1 is 1.44 bits per heavy atom. The molecule has 0 aromatic carbocycles. The van der Waals surface area contributed by atoms with Gasteiger partial charge >= 0.3 is 5.97 Å². The van der Waals surface area contributed by atoms with Crippen LogP contribution in [-0.4, -0.2) is 23.3 Å². The number of carbonyl (C=O) groups excluding carboxylic acids is 1. The topological polar surface area (TPSA) is 46.5 Å². The van der Waals surface area contributed by atoms with E-state index in [-0.39, 0.29) is 29.3 Å². The fraction of sp³-hybridized carbons (Fsp3) is 0.667. The zero-order valence-corrected chi connectivity index (χ0v) is 10.6. The molecule has 0 amide bonds. The number of esters is 1. The van der Waals surface area contributed by atoms with Crippen molar-refractivity contribution in [3.05, 3.63) is 24.3 Å². The van der Waals surface area contributed by atoms with E-state index in [9.17, 15) is 9.90 Å². The summed E-state index contributed by atoms with van der Waals surface area (Å²) in [7, 11) is 0. The molecule has 0 bridgehead atoms. The summed E-state index contributed by atoms with van der Waals surface area (Å²) in [4.78, 5) is 11.6. The van der Waals surface area contributed by atoms with E-state index in [1.807, 2.05) is 0 Å². The number of ether oxygens (including phenoxy) is 1. The van der Waals surface area contributed by atoms with Crippen molar-refractivity contribution in [1.82, 2.24) is 0 Å². The summed E-state index contributed by atoms with van der Waals surface area (Å²) >= 11 is 0. The minimum absolute atomic E-state index is 0.0627. The molecule has 1 heterocycles. The molecule has 96 valence electrons. The van der Waals surface area contributed by atoms with Crippen LogP contribution in [0.25, 0.3) is 0 Å². The van der Waals surface area contributed by atoms with Crippen molar-refractivity contribution < 1.29 is 14.6 Å². The van der Waals surface area contributed by atoms with E-state index in [2.05, 4.69) is 20.1 Å². The molecule has 4 aliphatic rings. The molecular weight excluding hydrogens is 228 g/mol. The third-order valence-electron chi connectivity index (χ3n) is 5.90. The van der Waals surface area contributed by atoms with Gasteiger partial charge in [-0.25, -0.2) is 4.79 Å². The quantitative estimate of drug-likeness (QED) is 0.402. The lowest BCUT2D eigenvalue weighted by Crippen LogP contribution is -2.50. The normalized spacial score (nSPS) is 56.9. The molecule has 4 fully saturated rings. The van der Waals surface area contributed by atoms with Crippen LogP contribution in [0.15, 0.2) is 24.3 Å². The van der Waals surface area contributed by atoms with Gasteiger partial charge in [-0.15, -0.1) is 0 Å². The molecule has 1 saturated heterocycles. The molecular formula is C15H18O3. The molecule has 18 heavy (non-hydrogen) atoms. The second kappa shape index (κ2) is 2.90.